The number of phosphoric acid groups is 1. The zero-order chi connectivity index (χ0) is 13.6. The smallest absolute Gasteiger partial charge is 0.466 e. The molecule has 0 bridgehead atoms. The molecule has 0 unspecified atom stereocenters. The molecule has 0 atom stereocenters. The quantitative estimate of drug-likeness (QED) is 0.346. The van der Waals surface area contributed by atoms with Crippen LogP contribution < -0.4 is 5.73 Å². The van der Waals surface area contributed by atoms with E-state index in [0.717, 1.165) is 0 Å². The van der Waals surface area contributed by atoms with Crippen LogP contribution in [0.5, 0.6) is 5.75 Å². The lowest BCUT2D eigenvalue weighted by Crippen LogP contribution is -2.04. The second-order valence-electron chi connectivity index (χ2n) is 3.07. The van der Waals surface area contributed by atoms with Crippen LogP contribution in [0.1, 0.15) is 16.8 Å². The lowest BCUT2D eigenvalue weighted by Gasteiger charge is -2.08. The molecule has 1 heterocycles. The molecule has 9 nitrogen and oxygen atoms in total. The van der Waals surface area contributed by atoms with Gasteiger partial charge in [-0.05, 0) is 6.92 Å². The Morgan fingerprint density at radius 3 is 2.17 bits per heavy atom. The number of aromatic nitrogens is 1. The second kappa shape index (κ2) is 8.11. The highest BCUT2D eigenvalue weighted by molar-refractivity contribution is 7.45. The lowest BCUT2D eigenvalue weighted by atomic mass is 10.1. The van der Waals surface area contributed by atoms with Crippen LogP contribution >= 0.6 is 7.82 Å². The van der Waals surface area contributed by atoms with Crippen LogP contribution in [0.15, 0.2) is 6.20 Å². The van der Waals surface area contributed by atoms with Crippen LogP contribution in [0.4, 0.5) is 0 Å². The molecule has 0 spiro atoms. The molecule has 1 aromatic heterocycles. The van der Waals surface area contributed by atoms with Gasteiger partial charge in [-0.25, -0.2) is 4.57 Å². The highest BCUT2D eigenvalue weighted by Crippen LogP contribution is 2.25. The summed E-state index contributed by atoms with van der Waals surface area (Å²) in [6.45, 7) is 1.76. The zero-order valence-corrected chi connectivity index (χ0v) is 10.5. The van der Waals surface area contributed by atoms with E-state index in [0.29, 0.717) is 16.8 Å². The molecule has 0 aliphatic heterocycles. The van der Waals surface area contributed by atoms with Crippen molar-refractivity contribution in [1.29, 1.82) is 0 Å². The number of rotatable bonds is 2. The first kappa shape index (κ1) is 19.3. The summed E-state index contributed by atoms with van der Waals surface area (Å²) >= 11 is 0. The van der Waals surface area contributed by atoms with Gasteiger partial charge in [0.2, 0.25) is 0 Å². The van der Waals surface area contributed by atoms with Crippen LogP contribution in [0, 0.1) is 6.92 Å². The van der Waals surface area contributed by atoms with Crippen molar-refractivity contribution in [3.63, 3.8) is 0 Å². The first-order valence-corrected chi connectivity index (χ1v) is 6.02. The summed E-state index contributed by atoms with van der Waals surface area (Å²) in [5.74, 6) is 0.0871. The number of hydrogen-bond acceptors (Lipinski definition) is 5. The van der Waals surface area contributed by atoms with Gasteiger partial charge in [-0.15, -0.1) is 0 Å². The summed E-state index contributed by atoms with van der Waals surface area (Å²) in [5, 5.41) is 18.3. The van der Waals surface area contributed by atoms with E-state index in [9.17, 15) is 5.11 Å². The molecular weight excluding hydrogens is 267 g/mol. The van der Waals surface area contributed by atoms with Gasteiger partial charge < -0.3 is 36.1 Å². The molecule has 0 aliphatic rings. The Bertz CT molecular complexity index is 412. The maximum absolute atomic E-state index is 9.46. The minimum atomic E-state index is -4.64. The third-order valence-corrected chi connectivity index (χ3v) is 1.80. The predicted molar refractivity (Wildman–Crippen MR) is 62.3 cm³/mol. The minimum Gasteiger partial charge on any atom is -0.506 e. The summed E-state index contributed by atoms with van der Waals surface area (Å²) in [6.07, 6.45) is 1.53. The maximum atomic E-state index is 9.46. The molecule has 1 aromatic rings. The third kappa shape index (κ3) is 7.30. The first-order valence-electron chi connectivity index (χ1n) is 4.46. The van der Waals surface area contributed by atoms with Crippen molar-refractivity contribution >= 4 is 7.82 Å². The van der Waals surface area contributed by atoms with Crippen LogP contribution in [0.25, 0.3) is 0 Å². The van der Waals surface area contributed by atoms with Crippen molar-refractivity contribution in [1.82, 2.24) is 4.98 Å². The lowest BCUT2D eigenvalue weighted by molar-refractivity contribution is 0.275. The van der Waals surface area contributed by atoms with Crippen molar-refractivity contribution in [2.24, 2.45) is 5.73 Å². The van der Waals surface area contributed by atoms with Crippen LogP contribution in [-0.4, -0.2) is 35.4 Å². The van der Waals surface area contributed by atoms with Gasteiger partial charge in [-0.3, -0.25) is 4.98 Å². The molecular formula is C8H17N2O7P. The van der Waals surface area contributed by atoms with Gasteiger partial charge in [0.1, 0.15) is 5.75 Å². The van der Waals surface area contributed by atoms with E-state index < -0.39 is 7.82 Å². The van der Waals surface area contributed by atoms with Crippen LogP contribution in [-0.2, 0) is 17.7 Å². The van der Waals surface area contributed by atoms with E-state index in [1.807, 2.05) is 0 Å². The van der Waals surface area contributed by atoms with Crippen molar-refractivity contribution in [3.8, 4) is 5.75 Å². The molecule has 1 rings (SSSR count). The number of pyridine rings is 1. The van der Waals surface area contributed by atoms with Crippen molar-refractivity contribution in [2.45, 2.75) is 20.1 Å². The number of nitrogens with zero attached hydrogens (tertiary/aromatic N) is 1. The summed E-state index contributed by atoms with van der Waals surface area (Å²) in [7, 11) is -4.64. The zero-order valence-electron chi connectivity index (χ0n) is 9.61. The highest BCUT2D eigenvalue weighted by Gasteiger charge is 2.08. The number of aryl methyl sites for hydroxylation is 1. The molecule has 0 aromatic carbocycles. The van der Waals surface area contributed by atoms with E-state index in [1.165, 1.54) is 6.20 Å². The van der Waals surface area contributed by atoms with Crippen LogP contribution in [0.2, 0.25) is 0 Å². The Balaban J connectivity index is 0. The van der Waals surface area contributed by atoms with Gasteiger partial charge in [0.25, 0.3) is 0 Å². The third-order valence-electron chi connectivity index (χ3n) is 1.80. The number of aliphatic hydroxyl groups excluding tert-OH is 1. The number of nitrogens with two attached hydrogens (primary N) is 1. The number of aromatic hydroxyl groups is 1. The van der Waals surface area contributed by atoms with Gasteiger partial charge in [0.05, 0.1) is 12.3 Å². The van der Waals surface area contributed by atoms with E-state index >= 15 is 0 Å². The highest BCUT2D eigenvalue weighted by atomic mass is 31.2. The average molecular weight is 284 g/mol. The molecule has 0 saturated heterocycles. The Morgan fingerprint density at radius 2 is 1.83 bits per heavy atom. The summed E-state index contributed by atoms with van der Waals surface area (Å²) in [5.41, 5.74) is 7.09. The van der Waals surface area contributed by atoms with Gasteiger partial charge in [-0.2, -0.15) is 0 Å². The molecule has 0 fully saturated rings. The Kier molecular flexibility index (Phi) is 8.69. The largest absolute Gasteiger partial charge is 0.506 e. The SMILES string of the molecule is Cc1ncc(CO)c(CN)c1O.O.O=P(O)(O)O. The second-order valence-corrected chi connectivity index (χ2v) is 4.10. The van der Waals surface area contributed by atoms with Gasteiger partial charge >= 0.3 is 7.82 Å². The molecule has 0 radical (unpaired) electrons. The van der Waals surface area contributed by atoms with E-state index in [1.54, 1.807) is 6.92 Å². The van der Waals surface area contributed by atoms with Crippen molar-refractivity contribution in [3.05, 3.63) is 23.0 Å². The summed E-state index contributed by atoms with van der Waals surface area (Å²) < 4.78 is 8.88. The fraction of sp³-hybridized carbons (Fsp3) is 0.375. The van der Waals surface area contributed by atoms with Crippen molar-refractivity contribution in [2.75, 3.05) is 0 Å². The summed E-state index contributed by atoms with van der Waals surface area (Å²) in [6, 6.07) is 0. The Hall–Kier alpha value is -1.06. The van der Waals surface area contributed by atoms with Crippen LogP contribution in [0.3, 0.4) is 0 Å². The summed E-state index contributed by atoms with van der Waals surface area (Å²) in [4.78, 5) is 25.5. The first-order chi connectivity index (χ1) is 7.70. The Morgan fingerprint density at radius 1 is 1.39 bits per heavy atom. The van der Waals surface area contributed by atoms with E-state index in [-0.39, 0.29) is 24.4 Å². The maximum Gasteiger partial charge on any atom is 0.466 e. The average Bonchev–Trinajstić information content (AvgIpc) is 2.19. The minimum absolute atomic E-state index is 0. The monoisotopic (exact) mass is 284 g/mol. The van der Waals surface area contributed by atoms with Gasteiger partial charge in [-0.1, -0.05) is 0 Å². The normalized spacial score (nSPS) is 10.1. The topological polar surface area (TPSA) is 189 Å². The van der Waals surface area contributed by atoms with Crippen molar-refractivity contribution < 1.29 is 34.9 Å². The van der Waals surface area contributed by atoms with Gasteiger partial charge in [0, 0.05) is 23.9 Å². The molecule has 0 aliphatic carbocycles. The van der Waals surface area contributed by atoms with E-state index in [2.05, 4.69) is 4.98 Å². The molecule has 106 valence electrons. The fourth-order valence-corrected chi connectivity index (χ4v) is 1.05. The standard InChI is InChI=1S/C8H12N2O2.H3O4P.H2O/c1-5-8(12)7(2-9)6(4-11)3-10-5;1-5(2,3)4;/h3,11-12H,2,4,9H2,1H3;(H3,1,2,3,4);1H2. The predicted octanol–water partition coefficient (Wildman–Crippen LogP) is -1.71. The molecule has 0 amide bonds. The molecule has 18 heavy (non-hydrogen) atoms. The molecule has 0 saturated carbocycles. The fourth-order valence-electron chi connectivity index (χ4n) is 1.05. The number of hydrogen-bond donors (Lipinski definition) is 6. The number of aliphatic hydroxyl groups is 1. The molecule has 10 heteroatoms. The van der Waals surface area contributed by atoms with E-state index in [4.69, 9.17) is 30.1 Å². The Labute approximate surface area is 103 Å². The molecule has 9 N–H and O–H groups in total. The van der Waals surface area contributed by atoms with Gasteiger partial charge in [0.15, 0.2) is 0 Å².